The lowest BCUT2D eigenvalue weighted by molar-refractivity contribution is 0.0242. The molecular formula is C28H40N2O3S. The Morgan fingerprint density at radius 3 is 2.32 bits per heavy atom. The second kappa shape index (κ2) is 14.1. The van der Waals surface area contributed by atoms with E-state index in [-0.39, 0.29) is 6.09 Å². The van der Waals surface area contributed by atoms with Crippen LogP contribution in [0.15, 0.2) is 47.4 Å². The first-order chi connectivity index (χ1) is 16.3. The predicted octanol–water partition coefficient (Wildman–Crippen LogP) is 7.54. The fourth-order valence-electron chi connectivity index (χ4n) is 3.56. The molecule has 1 heterocycles. The van der Waals surface area contributed by atoms with Gasteiger partial charge in [-0.15, -0.1) is 11.8 Å². The first-order valence-corrected chi connectivity index (χ1v) is 13.2. The zero-order valence-corrected chi connectivity index (χ0v) is 22.2. The third-order valence-electron chi connectivity index (χ3n) is 5.40. The molecule has 0 spiro atoms. The molecule has 1 aliphatic heterocycles. The van der Waals surface area contributed by atoms with Crippen LogP contribution in [0.5, 0.6) is 0 Å². The maximum atomic E-state index is 11.9. The fourth-order valence-corrected chi connectivity index (χ4v) is 4.47. The molecule has 2 aromatic rings. The number of amides is 1. The van der Waals surface area contributed by atoms with E-state index in [1.165, 1.54) is 48.4 Å². The minimum absolute atomic E-state index is 0.314. The molecule has 1 aliphatic rings. The SMILES string of the molecule is CC(C)(C)OC(=O)N1Cc2ccc(C=O)cc2C1.CCCCCCCSc1ccc(NC)cc1. The predicted molar refractivity (Wildman–Crippen MR) is 143 cm³/mol. The number of hydrogen-bond acceptors (Lipinski definition) is 5. The van der Waals surface area contributed by atoms with Crippen molar-refractivity contribution in [3.05, 3.63) is 59.2 Å². The number of carbonyl (C=O) groups excluding carboxylic acids is 2. The molecule has 34 heavy (non-hydrogen) atoms. The van der Waals surface area contributed by atoms with Crippen molar-refractivity contribution < 1.29 is 14.3 Å². The van der Waals surface area contributed by atoms with E-state index in [1.807, 2.05) is 51.7 Å². The molecule has 1 amide bonds. The van der Waals surface area contributed by atoms with Crippen LogP contribution < -0.4 is 5.32 Å². The average Bonchev–Trinajstić information content (AvgIpc) is 3.25. The summed E-state index contributed by atoms with van der Waals surface area (Å²) in [5, 5.41) is 3.14. The summed E-state index contributed by atoms with van der Waals surface area (Å²) >= 11 is 1.97. The third kappa shape index (κ3) is 9.80. The van der Waals surface area contributed by atoms with Gasteiger partial charge >= 0.3 is 6.09 Å². The maximum Gasteiger partial charge on any atom is 0.410 e. The first-order valence-electron chi connectivity index (χ1n) is 12.2. The number of nitrogens with zero attached hydrogens (tertiary/aromatic N) is 1. The summed E-state index contributed by atoms with van der Waals surface area (Å²) < 4.78 is 5.33. The molecular weight excluding hydrogens is 444 g/mol. The molecule has 0 saturated heterocycles. The molecule has 0 saturated carbocycles. The van der Waals surface area contributed by atoms with Crippen LogP contribution >= 0.6 is 11.8 Å². The van der Waals surface area contributed by atoms with Gasteiger partial charge in [-0.2, -0.15) is 0 Å². The molecule has 6 heteroatoms. The molecule has 0 aromatic heterocycles. The number of benzene rings is 2. The molecule has 1 N–H and O–H groups in total. The van der Waals surface area contributed by atoms with Gasteiger partial charge in [0.15, 0.2) is 0 Å². The summed E-state index contributed by atoms with van der Waals surface area (Å²) in [7, 11) is 1.95. The number of thioether (sulfide) groups is 1. The average molecular weight is 485 g/mol. The van der Waals surface area contributed by atoms with Gasteiger partial charge in [-0.1, -0.05) is 44.7 Å². The van der Waals surface area contributed by atoms with Gasteiger partial charge < -0.3 is 10.1 Å². The van der Waals surface area contributed by atoms with Gasteiger partial charge in [0.05, 0.1) is 0 Å². The van der Waals surface area contributed by atoms with E-state index >= 15 is 0 Å². The monoisotopic (exact) mass is 484 g/mol. The highest BCUT2D eigenvalue weighted by Gasteiger charge is 2.27. The molecule has 0 aliphatic carbocycles. The van der Waals surface area contributed by atoms with Crippen LogP contribution in [0.1, 0.15) is 81.3 Å². The minimum Gasteiger partial charge on any atom is -0.444 e. The molecule has 0 bridgehead atoms. The van der Waals surface area contributed by atoms with Crippen molar-refractivity contribution in [1.82, 2.24) is 4.90 Å². The normalized spacial score (nSPS) is 12.4. The van der Waals surface area contributed by atoms with Crippen molar-refractivity contribution in [1.29, 1.82) is 0 Å². The Balaban J connectivity index is 0.000000242. The zero-order chi connectivity index (χ0) is 25.0. The van der Waals surface area contributed by atoms with Crippen molar-refractivity contribution in [2.45, 2.75) is 83.4 Å². The molecule has 5 nitrogen and oxygen atoms in total. The summed E-state index contributed by atoms with van der Waals surface area (Å²) in [6.45, 7) is 8.85. The van der Waals surface area contributed by atoms with Crippen molar-refractivity contribution in [3.8, 4) is 0 Å². The lowest BCUT2D eigenvalue weighted by Crippen LogP contribution is -2.33. The van der Waals surface area contributed by atoms with Gasteiger partial charge in [0.1, 0.15) is 11.9 Å². The van der Waals surface area contributed by atoms with E-state index < -0.39 is 5.60 Å². The van der Waals surface area contributed by atoms with Crippen molar-refractivity contribution >= 4 is 29.8 Å². The number of hydrogen-bond donors (Lipinski definition) is 1. The second-order valence-corrected chi connectivity index (χ2v) is 10.7. The highest BCUT2D eigenvalue weighted by Crippen LogP contribution is 2.25. The Morgan fingerprint density at radius 2 is 1.71 bits per heavy atom. The Morgan fingerprint density at radius 1 is 1.03 bits per heavy atom. The van der Waals surface area contributed by atoms with E-state index in [9.17, 15) is 9.59 Å². The van der Waals surface area contributed by atoms with Gasteiger partial charge in [0.2, 0.25) is 0 Å². The summed E-state index contributed by atoms with van der Waals surface area (Å²) in [5.41, 5.74) is 3.43. The van der Waals surface area contributed by atoms with Crippen molar-refractivity contribution in [2.24, 2.45) is 0 Å². The smallest absolute Gasteiger partial charge is 0.410 e. The second-order valence-electron chi connectivity index (χ2n) is 9.52. The van der Waals surface area contributed by atoms with Crippen molar-refractivity contribution in [2.75, 3.05) is 18.1 Å². The Labute approximate surface area is 209 Å². The van der Waals surface area contributed by atoms with Crippen LogP contribution in [-0.4, -0.2) is 35.7 Å². The van der Waals surface area contributed by atoms with Crippen LogP contribution in [0.3, 0.4) is 0 Å². The van der Waals surface area contributed by atoms with E-state index in [0.717, 1.165) is 17.4 Å². The largest absolute Gasteiger partial charge is 0.444 e. The number of unbranched alkanes of at least 4 members (excludes halogenated alkanes) is 4. The van der Waals surface area contributed by atoms with E-state index in [4.69, 9.17) is 4.74 Å². The third-order valence-corrected chi connectivity index (χ3v) is 6.50. The Hall–Kier alpha value is -2.47. The Bertz CT molecular complexity index is 907. The quantitative estimate of drug-likeness (QED) is 0.226. The van der Waals surface area contributed by atoms with Gasteiger partial charge in [0, 0.05) is 36.3 Å². The number of nitrogens with one attached hydrogen (secondary N) is 1. The first kappa shape index (κ1) is 27.8. The van der Waals surface area contributed by atoms with Gasteiger partial charge in [-0.05, 0) is 74.4 Å². The molecule has 0 atom stereocenters. The zero-order valence-electron chi connectivity index (χ0n) is 21.4. The van der Waals surface area contributed by atoms with Crippen LogP contribution in [0, 0.1) is 0 Å². The highest BCUT2D eigenvalue weighted by molar-refractivity contribution is 7.99. The number of rotatable bonds is 9. The highest BCUT2D eigenvalue weighted by atomic mass is 32.2. The molecule has 0 unspecified atom stereocenters. The van der Waals surface area contributed by atoms with Gasteiger partial charge in [-0.3, -0.25) is 9.69 Å². The van der Waals surface area contributed by atoms with Crippen LogP contribution in [-0.2, 0) is 17.8 Å². The number of fused-ring (bicyclic) bond motifs is 1. The topological polar surface area (TPSA) is 58.6 Å². The van der Waals surface area contributed by atoms with E-state index in [0.29, 0.717) is 18.7 Å². The number of aldehydes is 1. The summed E-state index contributed by atoms with van der Waals surface area (Å²) in [6, 6.07) is 14.2. The lowest BCUT2D eigenvalue weighted by Gasteiger charge is -2.24. The van der Waals surface area contributed by atoms with Crippen LogP contribution in [0.4, 0.5) is 10.5 Å². The molecule has 2 aromatic carbocycles. The summed E-state index contributed by atoms with van der Waals surface area (Å²) in [4.78, 5) is 25.6. The molecule has 0 fully saturated rings. The molecule has 0 radical (unpaired) electrons. The lowest BCUT2D eigenvalue weighted by atomic mass is 10.1. The van der Waals surface area contributed by atoms with E-state index in [1.54, 1.807) is 11.0 Å². The minimum atomic E-state index is -0.486. The molecule has 3 rings (SSSR count). The standard InChI is InChI=1S/C14H17NO3.C14H23NS/c1-14(2,3)18-13(17)15-7-11-5-4-10(9-16)6-12(11)8-15;1-3-4-5-6-7-12-16-14-10-8-13(15-2)9-11-14/h4-6,9H,7-8H2,1-3H3;8-11,15H,3-7,12H2,1-2H3. The van der Waals surface area contributed by atoms with Crippen LogP contribution in [0.25, 0.3) is 0 Å². The maximum absolute atomic E-state index is 11.9. The fraction of sp³-hybridized carbons (Fsp3) is 0.500. The van der Waals surface area contributed by atoms with E-state index in [2.05, 4.69) is 36.5 Å². The summed E-state index contributed by atoms with van der Waals surface area (Å²) in [6.07, 6.45) is 7.35. The van der Waals surface area contributed by atoms with Gasteiger partial charge in [0.25, 0.3) is 0 Å². The molecule has 186 valence electrons. The van der Waals surface area contributed by atoms with Crippen molar-refractivity contribution in [3.63, 3.8) is 0 Å². The Kier molecular flexibility index (Phi) is 11.5. The summed E-state index contributed by atoms with van der Waals surface area (Å²) in [5.74, 6) is 1.25. The van der Waals surface area contributed by atoms with Crippen LogP contribution in [0.2, 0.25) is 0 Å². The number of carbonyl (C=O) groups is 2. The van der Waals surface area contributed by atoms with Gasteiger partial charge in [-0.25, -0.2) is 4.79 Å². The number of ether oxygens (including phenoxy) is 1. The number of anilines is 1.